The number of hydrogen-bond donors (Lipinski definition) is 1. The Morgan fingerprint density at radius 1 is 1.03 bits per heavy atom. The number of para-hydroxylation sites is 3. The van der Waals surface area contributed by atoms with Crippen molar-refractivity contribution >= 4 is 28.5 Å². The highest BCUT2D eigenvalue weighted by Crippen LogP contribution is 2.26. The molecule has 6 nitrogen and oxygen atoms in total. The van der Waals surface area contributed by atoms with Crippen LogP contribution in [-0.2, 0) is 16.1 Å². The summed E-state index contributed by atoms with van der Waals surface area (Å²) in [5.74, 6) is -1.06. The highest BCUT2D eigenvalue weighted by Gasteiger charge is 2.36. The maximum Gasteiger partial charge on any atom is 0.227 e. The van der Waals surface area contributed by atoms with Gasteiger partial charge >= 0.3 is 0 Å². The first-order valence-corrected chi connectivity index (χ1v) is 10.9. The number of aromatic nitrogens is 2. The van der Waals surface area contributed by atoms with Gasteiger partial charge in [-0.25, -0.2) is 9.37 Å². The van der Waals surface area contributed by atoms with Crippen LogP contribution in [0.15, 0.2) is 85.2 Å². The van der Waals surface area contributed by atoms with Crippen molar-refractivity contribution in [2.45, 2.75) is 19.0 Å². The molecule has 7 heteroatoms. The molecule has 3 aromatic carbocycles. The Bertz CT molecular complexity index is 1290. The van der Waals surface area contributed by atoms with Crippen molar-refractivity contribution in [1.82, 2.24) is 14.9 Å². The largest absolute Gasteiger partial charge is 0.347 e. The molecule has 1 N–H and O–H groups in total. The van der Waals surface area contributed by atoms with Gasteiger partial charge in [-0.15, -0.1) is 0 Å². The Hall–Kier alpha value is -4.00. The van der Waals surface area contributed by atoms with Crippen LogP contribution in [0, 0.1) is 11.7 Å². The molecule has 166 valence electrons. The molecule has 1 aromatic heterocycles. The van der Waals surface area contributed by atoms with Gasteiger partial charge in [0.05, 0.1) is 29.3 Å². The lowest BCUT2D eigenvalue weighted by Crippen LogP contribution is -2.37. The molecule has 5 rings (SSSR count). The molecule has 1 aliphatic rings. The lowest BCUT2D eigenvalue weighted by Gasteiger charge is -2.22. The lowest BCUT2D eigenvalue weighted by atomic mass is 10.0. The van der Waals surface area contributed by atoms with Gasteiger partial charge in [-0.05, 0) is 42.0 Å². The Balaban J connectivity index is 1.37. The van der Waals surface area contributed by atoms with Gasteiger partial charge in [-0.2, -0.15) is 0 Å². The molecular formula is C26H23FN4O2. The molecule has 0 bridgehead atoms. The van der Waals surface area contributed by atoms with E-state index in [0.29, 0.717) is 13.1 Å². The summed E-state index contributed by atoms with van der Waals surface area (Å²) < 4.78 is 15.5. The van der Waals surface area contributed by atoms with Gasteiger partial charge in [0.2, 0.25) is 11.8 Å². The van der Waals surface area contributed by atoms with Crippen LogP contribution in [-0.4, -0.2) is 27.9 Å². The molecule has 2 amide bonds. The number of nitrogens with one attached hydrogen (secondary N) is 1. The molecule has 2 heterocycles. The fourth-order valence-corrected chi connectivity index (χ4v) is 4.31. The monoisotopic (exact) mass is 442 g/mol. The van der Waals surface area contributed by atoms with E-state index in [9.17, 15) is 14.0 Å². The molecule has 1 fully saturated rings. The molecule has 1 aliphatic heterocycles. The zero-order valence-electron chi connectivity index (χ0n) is 17.9. The molecular weight excluding hydrogens is 419 g/mol. The number of imidazole rings is 1. The van der Waals surface area contributed by atoms with E-state index in [1.54, 1.807) is 23.4 Å². The number of hydrogen-bond acceptors (Lipinski definition) is 3. The molecule has 0 saturated carbocycles. The quantitative estimate of drug-likeness (QED) is 0.489. The molecule has 0 unspecified atom stereocenters. The topological polar surface area (TPSA) is 67.2 Å². The smallest absolute Gasteiger partial charge is 0.227 e. The number of nitrogens with zero attached hydrogens (tertiary/aromatic N) is 3. The van der Waals surface area contributed by atoms with Crippen molar-refractivity contribution in [2.75, 3.05) is 11.4 Å². The summed E-state index contributed by atoms with van der Waals surface area (Å²) in [7, 11) is 0. The normalized spacial score (nSPS) is 16.8. The SMILES string of the molecule is O=C(N[C@@H](Cn1cnc2ccccc21)c1ccc(F)cc1)[C@@H]1CC(=O)N(c2ccccc2)C1. The lowest BCUT2D eigenvalue weighted by molar-refractivity contribution is -0.127. The molecule has 0 aliphatic carbocycles. The Labute approximate surface area is 190 Å². The second kappa shape index (κ2) is 8.86. The van der Waals surface area contributed by atoms with Crippen molar-refractivity contribution in [2.24, 2.45) is 5.92 Å². The van der Waals surface area contributed by atoms with E-state index in [2.05, 4.69) is 10.3 Å². The van der Waals surface area contributed by atoms with Crippen molar-refractivity contribution in [3.8, 4) is 0 Å². The minimum Gasteiger partial charge on any atom is -0.347 e. The summed E-state index contributed by atoms with van der Waals surface area (Å²) in [6, 6.07) is 22.8. The highest BCUT2D eigenvalue weighted by molar-refractivity contribution is 6.00. The average Bonchev–Trinajstić information content (AvgIpc) is 3.43. The summed E-state index contributed by atoms with van der Waals surface area (Å²) in [5, 5.41) is 3.10. The number of halogens is 1. The predicted molar refractivity (Wildman–Crippen MR) is 124 cm³/mol. The van der Waals surface area contributed by atoms with Gasteiger partial charge in [-0.1, -0.05) is 42.5 Å². The van der Waals surface area contributed by atoms with Crippen LogP contribution < -0.4 is 10.2 Å². The van der Waals surface area contributed by atoms with Gasteiger partial charge in [0.25, 0.3) is 0 Å². The second-order valence-corrected chi connectivity index (χ2v) is 8.24. The number of anilines is 1. The standard InChI is InChI=1S/C26H23FN4O2/c27-20-12-10-18(11-13-20)23(16-30-17-28-22-8-4-5-9-24(22)30)29-26(33)19-14-25(32)31(15-19)21-6-2-1-3-7-21/h1-13,17,19,23H,14-16H2,(H,29,33)/t19-,23+/m1/s1. The number of benzene rings is 3. The van der Waals surface area contributed by atoms with E-state index in [0.717, 1.165) is 22.3 Å². The third-order valence-corrected chi connectivity index (χ3v) is 6.06. The van der Waals surface area contributed by atoms with Gasteiger partial charge < -0.3 is 14.8 Å². The summed E-state index contributed by atoms with van der Waals surface area (Å²) in [5.41, 5.74) is 3.39. The zero-order chi connectivity index (χ0) is 22.8. The fraction of sp³-hybridized carbons (Fsp3) is 0.192. The molecule has 4 aromatic rings. The molecule has 0 radical (unpaired) electrons. The van der Waals surface area contributed by atoms with Crippen LogP contribution in [0.3, 0.4) is 0 Å². The third kappa shape index (κ3) is 4.35. The molecule has 0 spiro atoms. The van der Waals surface area contributed by atoms with Gasteiger partial charge in [0.15, 0.2) is 0 Å². The second-order valence-electron chi connectivity index (χ2n) is 8.24. The van der Waals surface area contributed by atoms with Crippen LogP contribution in [0.2, 0.25) is 0 Å². The summed E-state index contributed by atoms with van der Waals surface area (Å²) in [6.07, 6.45) is 1.90. The van der Waals surface area contributed by atoms with Crippen LogP contribution in [0.1, 0.15) is 18.0 Å². The van der Waals surface area contributed by atoms with E-state index in [-0.39, 0.29) is 24.1 Å². The predicted octanol–water partition coefficient (Wildman–Crippen LogP) is 4.09. The minimum absolute atomic E-state index is 0.0692. The number of amides is 2. The van der Waals surface area contributed by atoms with Gasteiger partial charge in [-0.3, -0.25) is 9.59 Å². The number of carbonyl (C=O) groups is 2. The fourth-order valence-electron chi connectivity index (χ4n) is 4.31. The van der Waals surface area contributed by atoms with E-state index in [1.165, 1.54) is 12.1 Å². The maximum absolute atomic E-state index is 13.5. The first kappa shape index (κ1) is 20.9. The van der Waals surface area contributed by atoms with Crippen molar-refractivity contribution in [3.05, 3.63) is 96.6 Å². The van der Waals surface area contributed by atoms with Crippen molar-refractivity contribution in [1.29, 1.82) is 0 Å². The van der Waals surface area contributed by atoms with E-state index in [1.807, 2.05) is 59.2 Å². The number of carbonyl (C=O) groups excluding carboxylic acids is 2. The molecule has 1 saturated heterocycles. The Kier molecular flexibility index (Phi) is 5.60. The summed E-state index contributed by atoms with van der Waals surface area (Å²) in [6.45, 7) is 0.764. The zero-order valence-corrected chi connectivity index (χ0v) is 17.9. The highest BCUT2D eigenvalue weighted by atomic mass is 19.1. The Morgan fingerprint density at radius 3 is 2.55 bits per heavy atom. The summed E-state index contributed by atoms with van der Waals surface area (Å²) >= 11 is 0. The minimum atomic E-state index is -0.458. The van der Waals surface area contributed by atoms with Crippen LogP contribution in [0.4, 0.5) is 10.1 Å². The van der Waals surface area contributed by atoms with Crippen LogP contribution >= 0.6 is 0 Å². The number of rotatable bonds is 6. The van der Waals surface area contributed by atoms with Gasteiger partial charge in [0, 0.05) is 25.2 Å². The van der Waals surface area contributed by atoms with Crippen LogP contribution in [0.5, 0.6) is 0 Å². The van der Waals surface area contributed by atoms with E-state index >= 15 is 0 Å². The first-order chi connectivity index (χ1) is 16.1. The maximum atomic E-state index is 13.5. The average molecular weight is 442 g/mol. The van der Waals surface area contributed by atoms with Gasteiger partial charge in [0.1, 0.15) is 5.82 Å². The Morgan fingerprint density at radius 2 is 1.76 bits per heavy atom. The molecule has 33 heavy (non-hydrogen) atoms. The van der Waals surface area contributed by atoms with Crippen molar-refractivity contribution < 1.29 is 14.0 Å². The van der Waals surface area contributed by atoms with Crippen LogP contribution in [0.25, 0.3) is 11.0 Å². The number of fused-ring (bicyclic) bond motifs is 1. The third-order valence-electron chi connectivity index (χ3n) is 6.06. The first-order valence-electron chi connectivity index (χ1n) is 10.9. The molecule has 2 atom stereocenters. The summed E-state index contributed by atoms with van der Waals surface area (Å²) in [4.78, 5) is 31.9. The van der Waals surface area contributed by atoms with E-state index in [4.69, 9.17) is 0 Å². The van der Waals surface area contributed by atoms with E-state index < -0.39 is 12.0 Å². The van der Waals surface area contributed by atoms with Crippen molar-refractivity contribution in [3.63, 3.8) is 0 Å².